The maximum absolute atomic E-state index is 11.7. The van der Waals surface area contributed by atoms with Crippen LogP contribution in [0.3, 0.4) is 0 Å². The van der Waals surface area contributed by atoms with Gasteiger partial charge in [-0.3, -0.25) is 4.79 Å². The van der Waals surface area contributed by atoms with Crippen LogP contribution in [0.25, 0.3) is 0 Å². The minimum Gasteiger partial charge on any atom is -0.482 e. The molecule has 0 saturated carbocycles. The molecule has 2 rings (SSSR count). The molecular formula is C15H12BrCl2NO2. The highest BCUT2D eigenvalue weighted by Crippen LogP contribution is 2.27. The van der Waals surface area contributed by atoms with Crippen LogP contribution in [0.1, 0.15) is 5.56 Å². The number of hydrogen-bond acceptors (Lipinski definition) is 2. The van der Waals surface area contributed by atoms with Crippen molar-refractivity contribution in [2.75, 3.05) is 6.61 Å². The third-order valence-electron chi connectivity index (χ3n) is 2.69. The Kier molecular flexibility index (Phi) is 5.91. The summed E-state index contributed by atoms with van der Waals surface area (Å²) in [4.78, 5) is 11.7. The highest BCUT2D eigenvalue weighted by Gasteiger charge is 2.07. The van der Waals surface area contributed by atoms with Crippen LogP contribution in [-0.2, 0) is 11.3 Å². The van der Waals surface area contributed by atoms with Gasteiger partial charge in [-0.25, -0.2) is 0 Å². The Morgan fingerprint density at radius 2 is 1.90 bits per heavy atom. The Morgan fingerprint density at radius 3 is 2.62 bits per heavy atom. The summed E-state index contributed by atoms with van der Waals surface area (Å²) in [5, 5.41) is 3.81. The van der Waals surface area contributed by atoms with Crippen molar-refractivity contribution in [2.45, 2.75) is 6.54 Å². The molecule has 2 aromatic carbocycles. The second kappa shape index (κ2) is 7.69. The van der Waals surface area contributed by atoms with Crippen molar-refractivity contribution < 1.29 is 9.53 Å². The highest BCUT2D eigenvalue weighted by atomic mass is 79.9. The van der Waals surface area contributed by atoms with Gasteiger partial charge in [-0.1, -0.05) is 57.3 Å². The van der Waals surface area contributed by atoms with Crippen LogP contribution in [-0.4, -0.2) is 12.5 Å². The summed E-state index contributed by atoms with van der Waals surface area (Å²) >= 11 is 15.3. The molecule has 21 heavy (non-hydrogen) atoms. The summed E-state index contributed by atoms with van der Waals surface area (Å²) < 4.78 is 6.22. The molecule has 2 aromatic rings. The quantitative estimate of drug-likeness (QED) is 0.821. The first-order chi connectivity index (χ1) is 10.1. The number of rotatable bonds is 5. The molecule has 0 unspecified atom stereocenters. The number of ether oxygens (including phenoxy) is 1. The van der Waals surface area contributed by atoms with Crippen LogP contribution in [0.15, 0.2) is 46.9 Å². The number of benzene rings is 2. The molecule has 0 aliphatic carbocycles. The molecule has 6 heteroatoms. The van der Waals surface area contributed by atoms with Gasteiger partial charge >= 0.3 is 0 Å². The van der Waals surface area contributed by atoms with Crippen molar-refractivity contribution in [1.82, 2.24) is 5.32 Å². The van der Waals surface area contributed by atoms with Gasteiger partial charge in [0.2, 0.25) is 0 Å². The number of carbonyl (C=O) groups is 1. The lowest BCUT2D eigenvalue weighted by molar-refractivity contribution is -0.123. The maximum Gasteiger partial charge on any atom is 0.258 e. The standard InChI is InChI=1S/C15H12BrCl2NO2/c16-11-5-6-14(13(18)7-11)21-9-15(20)19-8-10-3-1-2-4-12(10)17/h1-7H,8-9H2,(H,19,20). The van der Waals surface area contributed by atoms with Gasteiger partial charge in [-0.15, -0.1) is 0 Å². The van der Waals surface area contributed by atoms with E-state index in [-0.39, 0.29) is 12.5 Å². The Morgan fingerprint density at radius 1 is 1.14 bits per heavy atom. The lowest BCUT2D eigenvalue weighted by atomic mass is 10.2. The van der Waals surface area contributed by atoms with Gasteiger partial charge in [0.05, 0.1) is 5.02 Å². The normalized spacial score (nSPS) is 10.2. The summed E-state index contributed by atoms with van der Waals surface area (Å²) in [7, 11) is 0. The Balaban J connectivity index is 1.84. The summed E-state index contributed by atoms with van der Waals surface area (Å²) in [5.74, 6) is 0.224. The SMILES string of the molecule is O=C(COc1ccc(Br)cc1Cl)NCc1ccccc1Cl. The number of halogens is 3. The first kappa shape index (κ1) is 16.1. The van der Waals surface area contributed by atoms with Gasteiger partial charge in [0.15, 0.2) is 6.61 Å². The Labute approximate surface area is 141 Å². The average molecular weight is 389 g/mol. The van der Waals surface area contributed by atoms with Crippen LogP contribution in [0.5, 0.6) is 5.75 Å². The van der Waals surface area contributed by atoms with Crippen molar-refractivity contribution in [3.8, 4) is 5.75 Å². The number of hydrogen-bond donors (Lipinski definition) is 1. The lowest BCUT2D eigenvalue weighted by Gasteiger charge is -2.09. The lowest BCUT2D eigenvalue weighted by Crippen LogP contribution is -2.28. The maximum atomic E-state index is 11.7. The van der Waals surface area contributed by atoms with Gasteiger partial charge in [0, 0.05) is 16.0 Å². The van der Waals surface area contributed by atoms with Crippen LogP contribution < -0.4 is 10.1 Å². The predicted molar refractivity (Wildman–Crippen MR) is 87.9 cm³/mol. The zero-order valence-electron chi connectivity index (χ0n) is 10.9. The summed E-state index contributed by atoms with van der Waals surface area (Å²) in [5.41, 5.74) is 0.856. The molecule has 1 N–H and O–H groups in total. The highest BCUT2D eigenvalue weighted by molar-refractivity contribution is 9.10. The molecule has 0 saturated heterocycles. The van der Waals surface area contributed by atoms with Gasteiger partial charge in [-0.05, 0) is 29.8 Å². The second-order valence-corrected chi connectivity index (χ2v) is 5.96. The van der Waals surface area contributed by atoms with Crippen molar-refractivity contribution in [1.29, 1.82) is 0 Å². The molecule has 0 radical (unpaired) electrons. The summed E-state index contributed by atoms with van der Waals surface area (Å²) in [6.07, 6.45) is 0. The van der Waals surface area contributed by atoms with E-state index in [1.54, 1.807) is 24.3 Å². The van der Waals surface area contributed by atoms with Crippen molar-refractivity contribution >= 4 is 45.0 Å². The van der Waals surface area contributed by atoms with E-state index in [4.69, 9.17) is 27.9 Å². The molecule has 0 heterocycles. The third kappa shape index (κ3) is 4.92. The minimum absolute atomic E-state index is 0.105. The Hall–Kier alpha value is -1.23. The van der Waals surface area contributed by atoms with E-state index in [2.05, 4.69) is 21.2 Å². The zero-order chi connectivity index (χ0) is 15.2. The van der Waals surface area contributed by atoms with E-state index >= 15 is 0 Å². The molecule has 0 spiro atoms. The number of amides is 1. The second-order valence-electron chi connectivity index (χ2n) is 4.23. The van der Waals surface area contributed by atoms with Crippen LogP contribution in [0, 0.1) is 0 Å². The monoisotopic (exact) mass is 387 g/mol. The summed E-state index contributed by atoms with van der Waals surface area (Å²) in [6, 6.07) is 12.5. The molecule has 110 valence electrons. The molecule has 0 aliphatic rings. The topological polar surface area (TPSA) is 38.3 Å². The van der Waals surface area contributed by atoms with E-state index in [0.29, 0.717) is 22.3 Å². The van der Waals surface area contributed by atoms with Gasteiger partial charge in [0.25, 0.3) is 5.91 Å². The molecule has 0 aromatic heterocycles. The fourth-order valence-corrected chi connectivity index (χ4v) is 2.55. The molecule has 3 nitrogen and oxygen atoms in total. The molecule has 0 fully saturated rings. The van der Waals surface area contributed by atoms with Gasteiger partial charge in [-0.2, -0.15) is 0 Å². The van der Waals surface area contributed by atoms with Gasteiger partial charge in [0.1, 0.15) is 5.75 Å². The summed E-state index contributed by atoms with van der Waals surface area (Å²) in [6.45, 7) is 0.252. The first-order valence-electron chi connectivity index (χ1n) is 6.14. The van der Waals surface area contributed by atoms with Gasteiger partial charge < -0.3 is 10.1 Å². The largest absolute Gasteiger partial charge is 0.482 e. The van der Waals surface area contributed by atoms with E-state index in [1.807, 2.05) is 18.2 Å². The molecular weight excluding hydrogens is 377 g/mol. The van der Waals surface area contributed by atoms with E-state index < -0.39 is 0 Å². The molecule has 0 aliphatic heterocycles. The fourth-order valence-electron chi connectivity index (χ4n) is 1.62. The van der Waals surface area contributed by atoms with E-state index in [9.17, 15) is 4.79 Å². The third-order valence-corrected chi connectivity index (χ3v) is 3.84. The predicted octanol–water partition coefficient (Wildman–Crippen LogP) is 4.45. The van der Waals surface area contributed by atoms with Crippen molar-refractivity contribution in [3.05, 3.63) is 62.5 Å². The van der Waals surface area contributed by atoms with Crippen LogP contribution in [0.2, 0.25) is 10.0 Å². The average Bonchev–Trinajstić information content (AvgIpc) is 2.45. The van der Waals surface area contributed by atoms with E-state index in [1.165, 1.54) is 0 Å². The number of carbonyl (C=O) groups excluding carboxylic acids is 1. The molecule has 1 amide bonds. The first-order valence-corrected chi connectivity index (χ1v) is 7.69. The fraction of sp³-hybridized carbons (Fsp3) is 0.133. The van der Waals surface area contributed by atoms with Crippen molar-refractivity contribution in [2.24, 2.45) is 0 Å². The number of nitrogens with one attached hydrogen (secondary N) is 1. The Bertz CT molecular complexity index is 649. The minimum atomic E-state index is -0.242. The van der Waals surface area contributed by atoms with Crippen molar-refractivity contribution in [3.63, 3.8) is 0 Å². The van der Waals surface area contributed by atoms with Crippen LogP contribution >= 0.6 is 39.1 Å². The van der Waals surface area contributed by atoms with Crippen LogP contribution in [0.4, 0.5) is 0 Å². The molecule has 0 atom stereocenters. The smallest absolute Gasteiger partial charge is 0.258 e. The van der Waals surface area contributed by atoms with E-state index in [0.717, 1.165) is 10.0 Å². The zero-order valence-corrected chi connectivity index (χ0v) is 14.0. The molecule has 0 bridgehead atoms.